The SMILES string of the molecule is CCCN(CC(=O)O)C(=O)C1=NN(Cc2ccccc2)C(=O)CC1. The third-order valence-electron chi connectivity index (χ3n) is 3.63. The van der Waals surface area contributed by atoms with E-state index < -0.39 is 11.9 Å². The van der Waals surface area contributed by atoms with Crippen molar-refractivity contribution in [2.75, 3.05) is 13.1 Å². The van der Waals surface area contributed by atoms with Crippen LogP contribution in [-0.2, 0) is 20.9 Å². The van der Waals surface area contributed by atoms with Gasteiger partial charge in [0, 0.05) is 19.4 Å². The smallest absolute Gasteiger partial charge is 0.323 e. The predicted molar refractivity (Wildman–Crippen MR) is 88.2 cm³/mol. The number of nitrogens with zero attached hydrogens (tertiary/aromatic N) is 3. The Hall–Kier alpha value is -2.70. The minimum Gasteiger partial charge on any atom is -0.480 e. The summed E-state index contributed by atoms with van der Waals surface area (Å²) in [4.78, 5) is 36.8. The maximum Gasteiger partial charge on any atom is 0.323 e. The maximum atomic E-state index is 12.5. The fourth-order valence-electron chi connectivity index (χ4n) is 2.50. The van der Waals surface area contributed by atoms with Crippen LogP contribution in [0.2, 0.25) is 0 Å². The lowest BCUT2D eigenvalue weighted by Gasteiger charge is -2.26. The quantitative estimate of drug-likeness (QED) is 0.819. The molecule has 24 heavy (non-hydrogen) atoms. The summed E-state index contributed by atoms with van der Waals surface area (Å²) in [6, 6.07) is 9.39. The normalized spacial score (nSPS) is 14.3. The van der Waals surface area contributed by atoms with Crippen LogP contribution in [0.5, 0.6) is 0 Å². The number of hydrazone groups is 1. The summed E-state index contributed by atoms with van der Waals surface area (Å²) in [6.45, 7) is 2.15. The molecule has 1 heterocycles. The third kappa shape index (κ3) is 4.65. The molecule has 2 rings (SSSR count). The van der Waals surface area contributed by atoms with Crippen molar-refractivity contribution in [1.29, 1.82) is 0 Å². The van der Waals surface area contributed by atoms with Crippen LogP contribution in [0.4, 0.5) is 0 Å². The van der Waals surface area contributed by atoms with Gasteiger partial charge >= 0.3 is 5.97 Å². The predicted octanol–water partition coefficient (Wildman–Crippen LogP) is 1.49. The molecule has 0 fully saturated rings. The number of amides is 2. The monoisotopic (exact) mass is 331 g/mol. The highest BCUT2D eigenvalue weighted by molar-refractivity contribution is 6.39. The van der Waals surface area contributed by atoms with E-state index in [1.165, 1.54) is 9.91 Å². The fourth-order valence-corrected chi connectivity index (χ4v) is 2.50. The Morgan fingerprint density at radius 1 is 1.25 bits per heavy atom. The highest BCUT2D eigenvalue weighted by atomic mass is 16.4. The lowest BCUT2D eigenvalue weighted by Crippen LogP contribution is -2.43. The van der Waals surface area contributed by atoms with Crippen LogP contribution in [0.1, 0.15) is 31.7 Å². The standard InChI is InChI=1S/C17H21N3O4/c1-2-10-19(12-16(22)23)17(24)14-8-9-15(21)20(18-14)11-13-6-4-3-5-7-13/h3-7H,2,8-12H2,1H3,(H,22,23). The molecule has 0 unspecified atom stereocenters. The summed E-state index contributed by atoms with van der Waals surface area (Å²) in [5.74, 6) is -1.62. The van der Waals surface area contributed by atoms with E-state index >= 15 is 0 Å². The number of rotatable bonds is 7. The van der Waals surface area contributed by atoms with Gasteiger partial charge in [-0.3, -0.25) is 14.4 Å². The average molecular weight is 331 g/mol. The molecular formula is C17H21N3O4. The molecule has 1 aromatic rings. The Bertz CT molecular complexity index is 642. The van der Waals surface area contributed by atoms with Crippen LogP contribution in [0, 0.1) is 0 Å². The number of benzene rings is 1. The van der Waals surface area contributed by atoms with Crippen LogP contribution in [0.15, 0.2) is 35.4 Å². The first kappa shape index (κ1) is 17.7. The first-order valence-corrected chi connectivity index (χ1v) is 7.94. The second-order valence-corrected chi connectivity index (χ2v) is 5.60. The first-order valence-electron chi connectivity index (χ1n) is 7.94. The Morgan fingerprint density at radius 3 is 2.58 bits per heavy atom. The topological polar surface area (TPSA) is 90.3 Å². The van der Waals surface area contributed by atoms with Crippen LogP contribution >= 0.6 is 0 Å². The molecule has 7 heteroatoms. The van der Waals surface area contributed by atoms with Crippen molar-refractivity contribution in [3.8, 4) is 0 Å². The molecule has 0 aliphatic carbocycles. The number of carboxylic acids is 1. The highest BCUT2D eigenvalue weighted by Gasteiger charge is 2.28. The van der Waals surface area contributed by atoms with E-state index in [1.54, 1.807) is 0 Å². The van der Waals surface area contributed by atoms with Crippen molar-refractivity contribution in [1.82, 2.24) is 9.91 Å². The summed E-state index contributed by atoms with van der Waals surface area (Å²) >= 11 is 0. The average Bonchev–Trinajstić information content (AvgIpc) is 2.56. The second kappa shape index (κ2) is 8.24. The summed E-state index contributed by atoms with van der Waals surface area (Å²) in [6.07, 6.45) is 1.09. The van der Waals surface area contributed by atoms with Crippen LogP contribution < -0.4 is 0 Å². The summed E-state index contributed by atoms with van der Waals surface area (Å²) in [7, 11) is 0. The van der Waals surface area contributed by atoms with Crippen molar-refractivity contribution >= 4 is 23.5 Å². The van der Waals surface area contributed by atoms with Crippen molar-refractivity contribution in [2.45, 2.75) is 32.7 Å². The number of carboxylic acid groups (broad SMARTS) is 1. The minimum absolute atomic E-state index is 0.143. The van der Waals surface area contributed by atoms with Gasteiger partial charge in [0.25, 0.3) is 5.91 Å². The van der Waals surface area contributed by atoms with Crippen molar-refractivity contribution < 1.29 is 19.5 Å². The van der Waals surface area contributed by atoms with Gasteiger partial charge in [0.1, 0.15) is 12.3 Å². The van der Waals surface area contributed by atoms with Crippen molar-refractivity contribution in [3.05, 3.63) is 35.9 Å². The van der Waals surface area contributed by atoms with Gasteiger partial charge in [-0.1, -0.05) is 37.3 Å². The number of aliphatic carboxylic acids is 1. The van der Waals surface area contributed by atoms with Gasteiger partial charge in [-0.05, 0) is 12.0 Å². The van der Waals surface area contributed by atoms with Crippen molar-refractivity contribution in [3.63, 3.8) is 0 Å². The molecule has 0 atom stereocenters. The summed E-state index contributed by atoms with van der Waals surface area (Å²) in [5, 5.41) is 14.4. The van der Waals surface area contributed by atoms with E-state index in [0.29, 0.717) is 19.5 Å². The highest BCUT2D eigenvalue weighted by Crippen LogP contribution is 2.15. The Morgan fingerprint density at radius 2 is 1.96 bits per heavy atom. The van der Waals surface area contributed by atoms with Gasteiger partial charge in [0.05, 0.1) is 6.54 Å². The van der Waals surface area contributed by atoms with Gasteiger partial charge in [0.2, 0.25) is 5.91 Å². The number of hydrogen-bond donors (Lipinski definition) is 1. The minimum atomic E-state index is -1.06. The molecule has 1 aromatic carbocycles. The van der Waals surface area contributed by atoms with Gasteiger partial charge < -0.3 is 10.0 Å². The van der Waals surface area contributed by atoms with Crippen LogP contribution in [0.25, 0.3) is 0 Å². The van der Waals surface area contributed by atoms with E-state index in [4.69, 9.17) is 5.11 Å². The Labute approximate surface area is 140 Å². The molecule has 128 valence electrons. The summed E-state index contributed by atoms with van der Waals surface area (Å²) in [5.41, 5.74) is 1.15. The molecule has 0 radical (unpaired) electrons. The van der Waals surface area contributed by atoms with E-state index in [1.807, 2.05) is 37.3 Å². The molecule has 1 N–H and O–H groups in total. The molecule has 7 nitrogen and oxygen atoms in total. The van der Waals surface area contributed by atoms with E-state index in [2.05, 4.69) is 5.10 Å². The largest absolute Gasteiger partial charge is 0.480 e. The lowest BCUT2D eigenvalue weighted by atomic mass is 10.1. The Kier molecular flexibility index (Phi) is 6.06. The third-order valence-corrected chi connectivity index (χ3v) is 3.63. The molecule has 1 aliphatic heterocycles. The first-order chi connectivity index (χ1) is 11.5. The number of hydrogen-bond acceptors (Lipinski definition) is 4. The zero-order chi connectivity index (χ0) is 17.5. The van der Waals surface area contributed by atoms with E-state index in [9.17, 15) is 14.4 Å². The van der Waals surface area contributed by atoms with Gasteiger partial charge in [-0.25, -0.2) is 5.01 Å². The van der Waals surface area contributed by atoms with E-state index in [0.717, 1.165) is 5.56 Å². The molecule has 0 bridgehead atoms. The maximum absolute atomic E-state index is 12.5. The second-order valence-electron chi connectivity index (χ2n) is 5.60. The van der Waals surface area contributed by atoms with Crippen molar-refractivity contribution in [2.24, 2.45) is 5.10 Å². The molecule has 2 amide bonds. The molecular weight excluding hydrogens is 310 g/mol. The number of carbonyl (C=O) groups is 3. The fraction of sp³-hybridized carbons (Fsp3) is 0.412. The van der Waals surface area contributed by atoms with E-state index in [-0.39, 0.29) is 31.0 Å². The van der Waals surface area contributed by atoms with Crippen LogP contribution in [-0.4, -0.2) is 51.6 Å². The zero-order valence-corrected chi connectivity index (χ0v) is 13.6. The summed E-state index contributed by atoms with van der Waals surface area (Å²) < 4.78 is 0. The molecule has 1 aliphatic rings. The lowest BCUT2D eigenvalue weighted by molar-refractivity contribution is -0.142. The Balaban J connectivity index is 2.15. The van der Waals surface area contributed by atoms with Crippen LogP contribution in [0.3, 0.4) is 0 Å². The number of carbonyl (C=O) groups excluding carboxylic acids is 2. The molecule has 0 saturated heterocycles. The van der Waals surface area contributed by atoms with Gasteiger partial charge in [-0.15, -0.1) is 0 Å². The molecule has 0 saturated carbocycles. The van der Waals surface area contributed by atoms with Gasteiger partial charge in [0.15, 0.2) is 0 Å². The molecule has 0 spiro atoms. The van der Waals surface area contributed by atoms with Gasteiger partial charge in [-0.2, -0.15) is 5.10 Å². The zero-order valence-electron chi connectivity index (χ0n) is 13.6. The molecule has 0 aromatic heterocycles.